The third kappa shape index (κ3) is 9.51. The molecule has 8 heteroatoms. The summed E-state index contributed by atoms with van der Waals surface area (Å²) in [6, 6.07) is 0. The molecule has 0 atom stereocenters. The molecule has 0 unspecified atom stereocenters. The van der Waals surface area contributed by atoms with Crippen LogP contribution in [0.2, 0.25) is 18.1 Å². The van der Waals surface area contributed by atoms with Gasteiger partial charge in [-0.1, -0.05) is 20.8 Å². The zero-order valence-electron chi connectivity index (χ0n) is 16.1. The van der Waals surface area contributed by atoms with E-state index in [1.165, 1.54) is 0 Å². The second-order valence-corrected chi connectivity index (χ2v) is 13.3. The van der Waals surface area contributed by atoms with E-state index in [-0.39, 0.29) is 11.6 Å². The SMILES string of the molecule is CC(C)(C)OC(=O)N(CCCO[Si](C)(C)C(C)(C)C)CC(F)(F)F. The summed E-state index contributed by atoms with van der Waals surface area (Å²) in [5.74, 6) is 0. The summed E-state index contributed by atoms with van der Waals surface area (Å²) in [5.41, 5.74) is -0.835. The van der Waals surface area contributed by atoms with E-state index in [9.17, 15) is 18.0 Å². The van der Waals surface area contributed by atoms with Crippen molar-refractivity contribution in [2.24, 2.45) is 0 Å². The van der Waals surface area contributed by atoms with Gasteiger partial charge in [-0.2, -0.15) is 13.2 Å². The van der Waals surface area contributed by atoms with Crippen molar-refractivity contribution in [3.63, 3.8) is 0 Å². The lowest BCUT2D eigenvalue weighted by Crippen LogP contribution is -2.44. The number of carbonyl (C=O) groups is 1. The van der Waals surface area contributed by atoms with Gasteiger partial charge in [0.15, 0.2) is 8.32 Å². The van der Waals surface area contributed by atoms with Crippen LogP contribution in [0.1, 0.15) is 48.0 Å². The van der Waals surface area contributed by atoms with Crippen molar-refractivity contribution in [2.75, 3.05) is 19.7 Å². The van der Waals surface area contributed by atoms with Crippen molar-refractivity contribution in [1.29, 1.82) is 0 Å². The third-order valence-electron chi connectivity index (χ3n) is 3.86. The number of alkyl halides is 3. The number of hydrogen-bond acceptors (Lipinski definition) is 3. The highest BCUT2D eigenvalue weighted by Gasteiger charge is 2.37. The molecule has 0 rings (SSSR count). The maximum absolute atomic E-state index is 12.7. The van der Waals surface area contributed by atoms with Gasteiger partial charge >= 0.3 is 12.3 Å². The van der Waals surface area contributed by atoms with Crippen LogP contribution in [0, 0.1) is 0 Å². The Bertz CT molecular complexity index is 412. The lowest BCUT2D eigenvalue weighted by molar-refractivity contribution is -0.144. The summed E-state index contributed by atoms with van der Waals surface area (Å²) in [6.45, 7) is 14.3. The number of rotatable bonds is 6. The van der Waals surface area contributed by atoms with E-state index in [0.717, 1.165) is 0 Å². The van der Waals surface area contributed by atoms with Crippen LogP contribution in [0.4, 0.5) is 18.0 Å². The number of amides is 1. The highest BCUT2D eigenvalue weighted by molar-refractivity contribution is 6.74. The van der Waals surface area contributed by atoms with Crippen LogP contribution >= 0.6 is 0 Å². The first-order chi connectivity index (χ1) is 10.4. The first-order valence-corrected chi connectivity index (χ1v) is 11.0. The Hall–Kier alpha value is -0.763. The van der Waals surface area contributed by atoms with E-state index in [4.69, 9.17) is 9.16 Å². The number of ether oxygens (including phenoxy) is 1. The molecule has 24 heavy (non-hydrogen) atoms. The predicted molar refractivity (Wildman–Crippen MR) is 91.6 cm³/mol. The van der Waals surface area contributed by atoms with Crippen molar-refractivity contribution >= 4 is 14.4 Å². The normalized spacial score (nSPS) is 13.8. The molecule has 0 spiro atoms. The van der Waals surface area contributed by atoms with Crippen molar-refractivity contribution < 1.29 is 27.1 Å². The Morgan fingerprint density at radius 2 is 1.54 bits per heavy atom. The lowest BCUT2D eigenvalue weighted by Gasteiger charge is -2.36. The van der Waals surface area contributed by atoms with Crippen molar-refractivity contribution in [2.45, 2.75) is 77.9 Å². The minimum Gasteiger partial charge on any atom is -0.444 e. The summed E-state index contributed by atoms with van der Waals surface area (Å²) >= 11 is 0. The molecular formula is C16H32F3NO3Si. The predicted octanol–water partition coefficient (Wildman–Crippen LogP) is 5.20. The maximum Gasteiger partial charge on any atom is 0.410 e. The van der Waals surface area contributed by atoms with E-state index in [2.05, 4.69) is 33.9 Å². The lowest BCUT2D eigenvalue weighted by atomic mass is 10.2. The molecule has 144 valence electrons. The number of halogens is 3. The molecule has 0 N–H and O–H groups in total. The van der Waals surface area contributed by atoms with Crippen LogP contribution in [-0.4, -0.2) is 50.8 Å². The topological polar surface area (TPSA) is 38.8 Å². The minimum absolute atomic E-state index is 0.0316. The molecule has 0 heterocycles. The average Bonchev–Trinajstić information content (AvgIpc) is 2.27. The van der Waals surface area contributed by atoms with Gasteiger partial charge in [-0.25, -0.2) is 4.79 Å². The maximum atomic E-state index is 12.7. The minimum atomic E-state index is -4.46. The van der Waals surface area contributed by atoms with Gasteiger partial charge in [0, 0.05) is 13.2 Å². The zero-order valence-corrected chi connectivity index (χ0v) is 17.1. The smallest absolute Gasteiger partial charge is 0.410 e. The van der Waals surface area contributed by atoms with E-state index >= 15 is 0 Å². The molecular weight excluding hydrogens is 339 g/mol. The molecule has 0 fully saturated rings. The highest BCUT2D eigenvalue weighted by Crippen LogP contribution is 2.36. The van der Waals surface area contributed by atoms with Gasteiger partial charge in [0.1, 0.15) is 12.1 Å². The summed E-state index contributed by atoms with van der Waals surface area (Å²) in [5, 5.41) is 0.0316. The monoisotopic (exact) mass is 371 g/mol. The van der Waals surface area contributed by atoms with E-state index in [1.54, 1.807) is 20.8 Å². The molecule has 0 radical (unpaired) electrons. The molecule has 0 aromatic rings. The van der Waals surface area contributed by atoms with E-state index in [1.807, 2.05) is 0 Å². The van der Waals surface area contributed by atoms with Gasteiger partial charge in [-0.3, -0.25) is 4.90 Å². The molecule has 0 saturated carbocycles. The van der Waals surface area contributed by atoms with Gasteiger partial charge < -0.3 is 9.16 Å². The Labute approximate surface area is 144 Å². The standard InChI is InChI=1S/C16H32F3NO3Si/c1-14(2,3)23-13(21)20(12-16(17,18)19)10-9-11-22-24(7,8)15(4,5)6/h9-12H2,1-8H3. The van der Waals surface area contributed by atoms with Crippen molar-refractivity contribution in [3.05, 3.63) is 0 Å². The second-order valence-electron chi connectivity index (χ2n) is 8.48. The molecule has 1 amide bonds. The third-order valence-corrected chi connectivity index (χ3v) is 8.40. The Morgan fingerprint density at radius 3 is 1.92 bits per heavy atom. The van der Waals surface area contributed by atoms with Crippen LogP contribution in [0.25, 0.3) is 0 Å². The number of nitrogens with zero attached hydrogens (tertiary/aromatic N) is 1. The fraction of sp³-hybridized carbons (Fsp3) is 0.938. The van der Waals surface area contributed by atoms with Gasteiger partial charge in [0.05, 0.1) is 0 Å². The molecule has 0 aliphatic carbocycles. The fourth-order valence-corrected chi connectivity index (χ4v) is 2.66. The Balaban J connectivity index is 4.66. The molecule has 0 aliphatic heterocycles. The summed E-state index contributed by atoms with van der Waals surface area (Å²) in [4.78, 5) is 12.7. The summed E-state index contributed by atoms with van der Waals surface area (Å²) < 4.78 is 49.0. The van der Waals surface area contributed by atoms with Crippen LogP contribution in [-0.2, 0) is 9.16 Å². The molecule has 4 nitrogen and oxygen atoms in total. The quantitative estimate of drug-likeness (QED) is 0.476. The van der Waals surface area contributed by atoms with Gasteiger partial charge in [0.25, 0.3) is 0 Å². The largest absolute Gasteiger partial charge is 0.444 e. The Kier molecular flexibility index (Phi) is 7.82. The molecule has 0 aromatic carbocycles. The second kappa shape index (κ2) is 8.08. The van der Waals surface area contributed by atoms with Crippen molar-refractivity contribution in [1.82, 2.24) is 4.90 Å². The highest BCUT2D eigenvalue weighted by atomic mass is 28.4. The van der Waals surface area contributed by atoms with Gasteiger partial charge in [0.2, 0.25) is 0 Å². The first kappa shape index (κ1) is 23.2. The Morgan fingerprint density at radius 1 is 1.04 bits per heavy atom. The number of hydrogen-bond donors (Lipinski definition) is 0. The van der Waals surface area contributed by atoms with E-state index in [0.29, 0.717) is 17.9 Å². The van der Waals surface area contributed by atoms with Crippen LogP contribution in [0.5, 0.6) is 0 Å². The molecule has 0 bridgehead atoms. The summed E-state index contributed by atoms with van der Waals surface area (Å²) in [7, 11) is -1.95. The summed E-state index contributed by atoms with van der Waals surface area (Å²) in [6.07, 6.45) is -5.08. The zero-order chi connectivity index (χ0) is 19.4. The van der Waals surface area contributed by atoms with Crippen LogP contribution in [0.3, 0.4) is 0 Å². The fourth-order valence-electron chi connectivity index (χ4n) is 1.58. The molecule has 0 aliphatic rings. The number of carbonyl (C=O) groups excluding carboxylic acids is 1. The molecule has 0 saturated heterocycles. The molecule has 0 aromatic heterocycles. The van der Waals surface area contributed by atoms with Crippen LogP contribution in [0.15, 0.2) is 0 Å². The first-order valence-electron chi connectivity index (χ1n) is 8.13. The van der Waals surface area contributed by atoms with E-state index < -0.39 is 32.7 Å². The van der Waals surface area contributed by atoms with Crippen LogP contribution < -0.4 is 0 Å². The average molecular weight is 372 g/mol. The van der Waals surface area contributed by atoms with Crippen molar-refractivity contribution in [3.8, 4) is 0 Å². The van der Waals surface area contributed by atoms with Gasteiger partial charge in [-0.15, -0.1) is 0 Å². The van der Waals surface area contributed by atoms with Gasteiger partial charge in [-0.05, 0) is 45.3 Å².